The standard InChI is InChI=1S/C27H28N4O2/c1-30-18-8-13-24(30)26(32)29-17-15-22(19-20-9-4-3-5-10-20)31(2)27(33)25-23-12-7-6-11-21(23)14-16-28-25/h3-14,16,18,22H,15,17,19H2,1-2H3,(H,29,32). The van der Waals surface area contributed by atoms with Crippen LogP contribution in [0.1, 0.15) is 33.0 Å². The Bertz CT molecular complexity index is 1240. The van der Waals surface area contributed by atoms with Crippen LogP contribution in [0.2, 0.25) is 0 Å². The number of benzene rings is 2. The van der Waals surface area contributed by atoms with E-state index in [1.165, 1.54) is 0 Å². The van der Waals surface area contributed by atoms with Crippen LogP contribution >= 0.6 is 0 Å². The van der Waals surface area contributed by atoms with Crippen molar-refractivity contribution in [1.29, 1.82) is 0 Å². The van der Waals surface area contributed by atoms with E-state index in [4.69, 9.17) is 0 Å². The minimum atomic E-state index is -0.124. The van der Waals surface area contributed by atoms with Gasteiger partial charge in [-0.15, -0.1) is 0 Å². The fourth-order valence-corrected chi connectivity index (χ4v) is 4.08. The average Bonchev–Trinajstić information content (AvgIpc) is 3.28. The number of carbonyl (C=O) groups excluding carboxylic acids is 2. The maximum Gasteiger partial charge on any atom is 0.273 e. The number of rotatable bonds is 8. The first-order valence-corrected chi connectivity index (χ1v) is 11.1. The van der Waals surface area contributed by atoms with Crippen LogP contribution in [0.15, 0.2) is 85.2 Å². The summed E-state index contributed by atoms with van der Waals surface area (Å²) >= 11 is 0. The topological polar surface area (TPSA) is 67.2 Å². The number of fused-ring (bicyclic) bond motifs is 1. The number of nitrogens with zero attached hydrogens (tertiary/aromatic N) is 3. The predicted molar refractivity (Wildman–Crippen MR) is 130 cm³/mol. The zero-order chi connectivity index (χ0) is 23.2. The van der Waals surface area contributed by atoms with Crippen molar-refractivity contribution in [3.05, 3.63) is 102 Å². The number of hydrogen-bond acceptors (Lipinski definition) is 3. The highest BCUT2D eigenvalue weighted by Gasteiger charge is 2.24. The normalized spacial score (nSPS) is 11.8. The Balaban J connectivity index is 1.52. The molecule has 6 nitrogen and oxygen atoms in total. The lowest BCUT2D eigenvalue weighted by Crippen LogP contribution is -2.41. The molecule has 0 aliphatic carbocycles. The Hall–Kier alpha value is -3.93. The van der Waals surface area contributed by atoms with Gasteiger partial charge in [0.2, 0.25) is 0 Å². The first kappa shape index (κ1) is 22.3. The molecule has 0 spiro atoms. The Labute approximate surface area is 193 Å². The van der Waals surface area contributed by atoms with Crippen molar-refractivity contribution in [1.82, 2.24) is 19.8 Å². The molecule has 0 bridgehead atoms. The molecule has 1 unspecified atom stereocenters. The lowest BCUT2D eigenvalue weighted by Gasteiger charge is -2.29. The van der Waals surface area contributed by atoms with Crippen LogP contribution < -0.4 is 5.32 Å². The molecular formula is C27H28N4O2. The first-order chi connectivity index (χ1) is 16.0. The van der Waals surface area contributed by atoms with E-state index in [1.54, 1.807) is 21.7 Å². The van der Waals surface area contributed by atoms with Crippen LogP contribution in [0.25, 0.3) is 10.8 Å². The van der Waals surface area contributed by atoms with Crippen molar-refractivity contribution in [2.45, 2.75) is 18.9 Å². The zero-order valence-corrected chi connectivity index (χ0v) is 18.9. The average molecular weight is 441 g/mol. The van der Waals surface area contributed by atoms with Crippen LogP contribution in [0.5, 0.6) is 0 Å². The number of aromatic nitrogens is 2. The van der Waals surface area contributed by atoms with Crippen molar-refractivity contribution >= 4 is 22.6 Å². The molecular weight excluding hydrogens is 412 g/mol. The van der Waals surface area contributed by atoms with Crippen LogP contribution in [-0.4, -0.2) is 45.9 Å². The zero-order valence-electron chi connectivity index (χ0n) is 18.9. The third-order valence-corrected chi connectivity index (χ3v) is 6.00. The summed E-state index contributed by atoms with van der Waals surface area (Å²) in [5, 5.41) is 4.82. The molecule has 4 rings (SSSR count). The number of hydrogen-bond donors (Lipinski definition) is 1. The van der Waals surface area contributed by atoms with E-state index in [2.05, 4.69) is 22.4 Å². The molecule has 0 fully saturated rings. The highest BCUT2D eigenvalue weighted by Crippen LogP contribution is 2.20. The van der Waals surface area contributed by atoms with Crippen molar-refractivity contribution < 1.29 is 9.59 Å². The van der Waals surface area contributed by atoms with Crippen molar-refractivity contribution in [2.75, 3.05) is 13.6 Å². The smallest absolute Gasteiger partial charge is 0.273 e. The maximum atomic E-state index is 13.5. The molecule has 2 aromatic heterocycles. The van der Waals surface area contributed by atoms with Crippen LogP contribution in [0.4, 0.5) is 0 Å². The molecule has 4 aromatic rings. The third-order valence-electron chi connectivity index (χ3n) is 6.00. The highest BCUT2D eigenvalue weighted by atomic mass is 16.2. The second-order valence-corrected chi connectivity index (χ2v) is 8.19. The molecule has 1 N–H and O–H groups in total. The van der Waals surface area contributed by atoms with E-state index in [1.807, 2.05) is 74.9 Å². The van der Waals surface area contributed by atoms with Gasteiger partial charge in [-0.2, -0.15) is 0 Å². The molecule has 0 aliphatic heterocycles. The Morgan fingerprint density at radius 2 is 1.76 bits per heavy atom. The third kappa shape index (κ3) is 5.12. The van der Waals surface area contributed by atoms with E-state index in [9.17, 15) is 9.59 Å². The lowest BCUT2D eigenvalue weighted by atomic mass is 10.0. The first-order valence-electron chi connectivity index (χ1n) is 11.1. The summed E-state index contributed by atoms with van der Waals surface area (Å²) in [7, 11) is 3.66. The second kappa shape index (κ2) is 10.1. The Kier molecular flexibility index (Phi) is 6.83. The van der Waals surface area contributed by atoms with Gasteiger partial charge in [-0.25, -0.2) is 0 Å². The minimum absolute atomic E-state index is 0.102. The number of pyridine rings is 1. The highest BCUT2D eigenvalue weighted by molar-refractivity contribution is 6.05. The molecule has 6 heteroatoms. The molecule has 2 aromatic carbocycles. The van der Waals surface area contributed by atoms with Crippen molar-refractivity contribution in [2.24, 2.45) is 7.05 Å². The van der Waals surface area contributed by atoms with Gasteiger partial charge in [0.15, 0.2) is 0 Å². The van der Waals surface area contributed by atoms with Gasteiger partial charge < -0.3 is 14.8 Å². The Morgan fingerprint density at radius 3 is 2.52 bits per heavy atom. The summed E-state index contributed by atoms with van der Waals surface area (Å²) in [6.07, 6.45) is 4.83. The van der Waals surface area contributed by atoms with Gasteiger partial charge in [-0.1, -0.05) is 54.6 Å². The SMILES string of the molecule is CN(C(=O)c1nccc2ccccc12)C(CCNC(=O)c1cccn1C)Cc1ccccc1. The van der Waals surface area contributed by atoms with Crippen LogP contribution in [-0.2, 0) is 13.5 Å². The summed E-state index contributed by atoms with van der Waals surface area (Å²) in [5.74, 6) is -0.243. The molecule has 2 heterocycles. The summed E-state index contributed by atoms with van der Waals surface area (Å²) in [6.45, 7) is 0.460. The van der Waals surface area contributed by atoms with Gasteiger partial charge in [0.1, 0.15) is 11.4 Å². The predicted octanol–water partition coefficient (Wildman–Crippen LogP) is 4.08. The number of amides is 2. The molecule has 2 amide bonds. The quantitative estimate of drug-likeness (QED) is 0.449. The second-order valence-electron chi connectivity index (χ2n) is 8.19. The number of carbonyl (C=O) groups is 2. The summed E-state index contributed by atoms with van der Waals surface area (Å²) in [6, 6.07) is 23.3. The number of aryl methyl sites for hydroxylation is 1. The molecule has 0 saturated carbocycles. The fourth-order valence-electron chi connectivity index (χ4n) is 4.08. The summed E-state index contributed by atoms with van der Waals surface area (Å²) < 4.78 is 1.79. The minimum Gasteiger partial charge on any atom is -0.351 e. The van der Waals surface area contributed by atoms with E-state index in [0.717, 1.165) is 16.3 Å². The van der Waals surface area contributed by atoms with E-state index in [0.29, 0.717) is 30.8 Å². The largest absolute Gasteiger partial charge is 0.351 e. The number of nitrogens with one attached hydrogen (secondary N) is 1. The van der Waals surface area contributed by atoms with Gasteiger partial charge in [0.05, 0.1) is 0 Å². The van der Waals surface area contributed by atoms with Gasteiger partial charge in [-0.3, -0.25) is 14.6 Å². The summed E-state index contributed by atoms with van der Waals surface area (Å²) in [4.78, 5) is 32.2. The molecule has 0 radical (unpaired) electrons. The van der Waals surface area contributed by atoms with E-state index < -0.39 is 0 Å². The summed E-state index contributed by atoms with van der Waals surface area (Å²) in [5.41, 5.74) is 2.20. The monoisotopic (exact) mass is 440 g/mol. The molecule has 168 valence electrons. The van der Waals surface area contributed by atoms with Gasteiger partial charge >= 0.3 is 0 Å². The van der Waals surface area contributed by atoms with Crippen molar-refractivity contribution in [3.63, 3.8) is 0 Å². The molecule has 0 saturated heterocycles. The van der Waals surface area contributed by atoms with Crippen molar-refractivity contribution in [3.8, 4) is 0 Å². The van der Waals surface area contributed by atoms with Gasteiger partial charge in [0.25, 0.3) is 11.8 Å². The van der Waals surface area contributed by atoms with Gasteiger partial charge in [0, 0.05) is 44.5 Å². The number of likely N-dealkylation sites (N-methyl/N-ethyl adjacent to an activating group) is 1. The molecule has 1 atom stereocenters. The van der Waals surface area contributed by atoms with E-state index in [-0.39, 0.29) is 17.9 Å². The molecule has 0 aliphatic rings. The fraction of sp³-hybridized carbons (Fsp3) is 0.222. The van der Waals surface area contributed by atoms with Gasteiger partial charge in [-0.05, 0) is 42.0 Å². The van der Waals surface area contributed by atoms with Crippen LogP contribution in [0, 0.1) is 0 Å². The van der Waals surface area contributed by atoms with E-state index >= 15 is 0 Å². The molecule has 33 heavy (non-hydrogen) atoms. The Morgan fingerprint density at radius 1 is 1.00 bits per heavy atom. The maximum absolute atomic E-state index is 13.5. The lowest BCUT2D eigenvalue weighted by molar-refractivity contribution is 0.0719. The van der Waals surface area contributed by atoms with Crippen LogP contribution in [0.3, 0.4) is 0 Å².